The quantitative estimate of drug-likeness (QED) is 0.322. The second-order valence-corrected chi connectivity index (χ2v) is 9.25. The summed E-state index contributed by atoms with van der Waals surface area (Å²) in [4.78, 5) is 0. The van der Waals surface area contributed by atoms with E-state index in [1.165, 1.54) is 55.3 Å². The number of rotatable bonds is 1. The molecule has 1 atom stereocenters. The first-order valence-electron chi connectivity index (χ1n) is 11.7. The summed E-state index contributed by atoms with van der Waals surface area (Å²) in [6, 6.07) is 33.9. The Balaban J connectivity index is 1.71. The average molecular weight is 418 g/mol. The summed E-state index contributed by atoms with van der Waals surface area (Å²) >= 11 is 0. The van der Waals surface area contributed by atoms with E-state index in [4.69, 9.17) is 0 Å². The molecule has 0 saturated carbocycles. The molecular formula is C32H23B. The fourth-order valence-electron chi connectivity index (χ4n) is 6.73. The Morgan fingerprint density at radius 2 is 1.30 bits per heavy atom. The normalized spacial score (nSPS) is 20.3. The smallest absolute Gasteiger partial charge is 0.0908 e. The number of hydrogen-bond donors (Lipinski definition) is 0. The van der Waals surface area contributed by atoms with Crippen molar-refractivity contribution in [1.82, 2.24) is 0 Å². The maximum Gasteiger partial charge on any atom is 0.243 e. The highest BCUT2D eigenvalue weighted by Crippen LogP contribution is 2.57. The summed E-state index contributed by atoms with van der Waals surface area (Å²) in [7, 11) is 0. The van der Waals surface area contributed by atoms with Crippen LogP contribution in [0.1, 0.15) is 29.2 Å². The molecule has 1 unspecified atom stereocenters. The van der Waals surface area contributed by atoms with E-state index in [9.17, 15) is 0 Å². The van der Waals surface area contributed by atoms with Crippen LogP contribution in [0.25, 0.3) is 16.7 Å². The van der Waals surface area contributed by atoms with Gasteiger partial charge in [-0.2, -0.15) is 0 Å². The fourth-order valence-corrected chi connectivity index (χ4v) is 6.73. The molecule has 0 nitrogen and oxygen atoms in total. The summed E-state index contributed by atoms with van der Waals surface area (Å²) < 4.78 is 0. The van der Waals surface area contributed by atoms with Gasteiger partial charge in [-0.3, -0.25) is 0 Å². The van der Waals surface area contributed by atoms with Gasteiger partial charge in [0, 0.05) is 0 Å². The maximum absolute atomic E-state index is 4.62. The van der Waals surface area contributed by atoms with Gasteiger partial charge in [0.15, 0.2) is 0 Å². The van der Waals surface area contributed by atoms with Crippen LogP contribution in [0.3, 0.4) is 0 Å². The minimum Gasteiger partial charge on any atom is -0.0908 e. The van der Waals surface area contributed by atoms with E-state index < -0.39 is 0 Å². The van der Waals surface area contributed by atoms with Gasteiger partial charge in [0.05, 0.1) is 5.41 Å². The van der Waals surface area contributed by atoms with Gasteiger partial charge in [-0.25, -0.2) is 0 Å². The van der Waals surface area contributed by atoms with Crippen LogP contribution in [-0.2, 0) is 5.41 Å². The Morgan fingerprint density at radius 3 is 2.12 bits per heavy atom. The first kappa shape index (κ1) is 18.7. The van der Waals surface area contributed by atoms with Crippen LogP contribution in [0.15, 0.2) is 121 Å². The van der Waals surface area contributed by atoms with Crippen LogP contribution in [0.5, 0.6) is 0 Å². The molecule has 4 aromatic carbocycles. The van der Waals surface area contributed by atoms with Crippen LogP contribution in [0.2, 0.25) is 0 Å². The lowest BCUT2D eigenvalue weighted by Gasteiger charge is -2.42. The van der Waals surface area contributed by atoms with E-state index in [0.717, 1.165) is 5.57 Å². The molecule has 0 radical (unpaired) electrons. The summed E-state index contributed by atoms with van der Waals surface area (Å²) in [5.41, 5.74) is 14.5. The average Bonchev–Trinajstić information content (AvgIpc) is 3.33. The fraction of sp³-hybridized carbons (Fsp3) is 0.0625. The highest BCUT2D eigenvalue weighted by molar-refractivity contribution is 7.00. The van der Waals surface area contributed by atoms with Crippen molar-refractivity contribution in [2.75, 3.05) is 0 Å². The Kier molecular flexibility index (Phi) is 3.74. The Labute approximate surface area is 195 Å². The van der Waals surface area contributed by atoms with Crippen molar-refractivity contribution in [3.63, 3.8) is 0 Å². The van der Waals surface area contributed by atoms with Crippen molar-refractivity contribution >= 4 is 28.7 Å². The van der Waals surface area contributed by atoms with Crippen molar-refractivity contribution in [3.05, 3.63) is 144 Å². The molecule has 2 aliphatic heterocycles. The molecule has 1 spiro atoms. The Bertz CT molecular complexity index is 1550. The molecule has 2 heterocycles. The second kappa shape index (κ2) is 6.59. The van der Waals surface area contributed by atoms with E-state index in [-0.39, 0.29) is 12.1 Å². The lowest BCUT2D eigenvalue weighted by atomic mass is 9.32. The van der Waals surface area contributed by atoms with Crippen LogP contribution in [0, 0.1) is 0 Å². The third-order valence-corrected chi connectivity index (χ3v) is 7.88. The minimum atomic E-state index is -0.354. The highest BCUT2D eigenvalue weighted by Gasteiger charge is 2.55. The van der Waals surface area contributed by atoms with Crippen molar-refractivity contribution in [2.24, 2.45) is 0 Å². The molecule has 4 aromatic rings. The van der Waals surface area contributed by atoms with Crippen molar-refractivity contribution in [3.8, 4) is 11.1 Å². The van der Waals surface area contributed by atoms with Gasteiger partial charge in [0.1, 0.15) is 0 Å². The van der Waals surface area contributed by atoms with Crippen LogP contribution in [-0.4, -0.2) is 6.71 Å². The summed E-state index contributed by atoms with van der Waals surface area (Å²) in [6.45, 7) is 6.98. The first-order chi connectivity index (χ1) is 16.3. The van der Waals surface area contributed by atoms with Crippen molar-refractivity contribution < 1.29 is 0 Å². The molecule has 0 saturated heterocycles. The van der Waals surface area contributed by atoms with Crippen LogP contribution in [0.4, 0.5) is 0 Å². The van der Waals surface area contributed by atoms with Gasteiger partial charge in [-0.05, 0) is 51.5 Å². The maximum atomic E-state index is 4.62. The van der Waals surface area contributed by atoms with E-state index in [1.54, 1.807) is 0 Å². The van der Waals surface area contributed by atoms with Gasteiger partial charge >= 0.3 is 0 Å². The van der Waals surface area contributed by atoms with Crippen LogP contribution < -0.4 is 16.4 Å². The topological polar surface area (TPSA) is 0 Å². The zero-order chi connectivity index (χ0) is 22.2. The van der Waals surface area contributed by atoms with Crippen LogP contribution >= 0.6 is 0 Å². The van der Waals surface area contributed by atoms with E-state index in [1.807, 2.05) is 0 Å². The Hall–Kier alpha value is -3.84. The number of allylic oxidation sites excluding steroid dienone is 5. The van der Waals surface area contributed by atoms with Gasteiger partial charge in [-0.1, -0.05) is 132 Å². The number of benzene rings is 4. The lowest BCUT2D eigenvalue weighted by molar-refractivity contribution is 0.776. The molecule has 0 bridgehead atoms. The molecule has 1 heteroatoms. The molecule has 0 aromatic heterocycles. The van der Waals surface area contributed by atoms with E-state index in [0.29, 0.717) is 0 Å². The molecule has 7 rings (SSSR count). The summed E-state index contributed by atoms with van der Waals surface area (Å²) in [6.07, 6.45) is 6.57. The molecule has 1 aliphatic carbocycles. The SMILES string of the molecule is C=C1/C(=C\C=C/C)C2(c3ccccc3B3c4ccccc4-c4cccc2c43)c2ccccc21. The van der Waals surface area contributed by atoms with Gasteiger partial charge < -0.3 is 0 Å². The number of hydrogen-bond acceptors (Lipinski definition) is 0. The molecule has 33 heavy (non-hydrogen) atoms. The lowest BCUT2D eigenvalue weighted by Crippen LogP contribution is -2.59. The van der Waals surface area contributed by atoms with Gasteiger partial charge in [-0.15, -0.1) is 0 Å². The van der Waals surface area contributed by atoms with Gasteiger partial charge in [0.25, 0.3) is 0 Å². The molecular weight excluding hydrogens is 395 g/mol. The summed E-state index contributed by atoms with van der Waals surface area (Å²) in [5.74, 6) is 0. The Morgan fingerprint density at radius 1 is 0.667 bits per heavy atom. The molecule has 0 N–H and O–H groups in total. The highest BCUT2D eigenvalue weighted by atomic mass is 14.5. The third kappa shape index (κ3) is 2.13. The zero-order valence-corrected chi connectivity index (χ0v) is 18.7. The van der Waals surface area contributed by atoms with Crippen molar-refractivity contribution in [2.45, 2.75) is 12.3 Å². The molecule has 3 aliphatic rings. The molecule has 0 fully saturated rings. The third-order valence-electron chi connectivity index (χ3n) is 7.88. The minimum absolute atomic E-state index is 0.276. The molecule has 154 valence electrons. The van der Waals surface area contributed by atoms with Crippen molar-refractivity contribution in [1.29, 1.82) is 0 Å². The predicted molar refractivity (Wildman–Crippen MR) is 141 cm³/mol. The largest absolute Gasteiger partial charge is 0.243 e. The zero-order valence-electron chi connectivity index (χ0n) is 18.7. The standard InChI is InChI=1S/C32H23B/c1-3-4-15-25-21(2)22-12-5-7-16-26(22)32(25)27-17-8-10-20-30(27)33-29-19-9-6-13-23(29)24-14-11-18-28(32)31(24)33/h3-20H,2H2,1H3/b4-3-,25-15+. The van der Waals surface area contributed by atoms with Gasteiger partial charge in [0.2, 0.25) is 6.71 Å². The molecule has 0 amide bonds. The van der Waals surface area contributed by atoms with E-state index in [2.05, 4.69) is 123 Å². The van der Waals surface area contributed by atoms with E-state index >= 15 is 0 Å². The predicted octanol–water partition coefficient (Wildman–Crippen LogP) is 5.36. The number of fused-ring (bicyclic) bond motifs is 9. The first-order valence-corrected chi connectivity index (χ1v) is 11.7. The second-order valence-electron chi connectivity index (χ2n) is 9.25. The summed E-state index contributed by atoms with van der Waals surface area (Å²) in [5, 5.41) is 0. The monoisotopic (exact) mass is 418 g/mol.